The number of carboxylic acid groups (broad SMARTS) is 1. The summed E-state index contributed by atoms with van der Waals surface area (Å²) in [5, 5.41) is 34.0. The fourth-order valence-electron chi connectivity index (χ4n) is 3.89. The molecular weight excluding hydrogens is 476 g/mol. The molecule has 0 spiro atoms. The van der Waals surface area contributed by atoms with Gasteiger partial charge in [-0.2, -0.15) is 11.8 Å². The van der Waals surface area contributed by atoms with Crippen LogP contribution in [-0.4, -0.2) is 92.7 Å². The van der Waals surface area contributed by atoms with Gasteiger partial charge in [-0.3, -0.25) is 14.4 Å². The Bertz CT molecular complexity index is 896. The fraction of sp³-hybridized carbons (Fsp3) is 0.565. The van der Waals surface area contributed by atoms with Gasteiger partial charge in [0.1, 0.15) is 23.9 Å². The minimum absolute atomic E-state index is 0.0757. The third-order valence-corrected chi connectivity index (χ3v) is 6.48. The van der Waals surface area contributed by atoms with E-state index in [9.17, 15) is 34.5 Å². The molecular formula is C23H34N4O7S. The van der Waals surface area contributed by atoms with Gasteiger partial charge in [0.05, 0.1) is 12.1 Å². The minimum Gasteiger partial charge on any atom is -0.508 e. The van der Waals surface area contributed by atoms with Gasteiger partial charge >= 0.3 is 5.97 Å². The molecule has 0 bridgehead atoms. The Balaban J connectivity index is 2.08. The van der Waals surface area contributed by atoms with Gasteiger partial charge in [-0.1, -0.05) is 12.1 Å². The van der Waals surface area contributed by atoms with Crippen LogP contribution in [0.25, 0.3) is 0 Å². The van der Waals surface area contributed by atoms with Crippen molar-refractivity contribution in [2.24, 2.45) is 5.73 Å². The number of amides is 3. The predicted octanol–water partition coefficient (Wildman–Crippen LogP) is -0.559. The van der Waals surface area contributed by atoms with Crippen molar-refractivity contribution in [1.29, 1.82) is 0 Å². The third kappa shape index (κ3) is 8.11. The second-order valence-electron chi connectivity index (χ2n) is 8.57. The van der Waals surface area contributed by atoms with Crippen molar-refractivity contribution in [3.63, 3.8) is 0 Å². The van der Waals surface area contributed by atoms with Crippen LogP contribution in [-0.2, 0) is 25.6 Å². The number of aliphatic hydroxyl groups is 1. The first-order valence-corrected chi connectivity index (χ1v) is 12.8. The number of carbonyl (C=O) groups is 4. The van der Waals surface area contributed by atoms with E-state index in [1.54, 1.807) is 12.1 Å². The molecule has 0 aromatic heterocycles. The predicted molar refractivity (Wildman–Crippen MR) is 131 cm³/mol. The van der Waals surface area contributed by atoms with E-state index in [1.807, 2.05) is 6.26 Å². The largest absolute Gasteiger partial charge is 0.508 e. The number of aliphatic carboxylic acids is 1. The molecule has 1 aliphatic heterocycles. The lowest BCUT2D eigenvalue weighted by Gasteiger charge is -2.29. The molecule has 5 unspecified atom stereocenters. The van der Waals surface area contributed by atoms with E-state index in [1.165, 1.54) is 35.7 Å². The Morgan fingerprint density at radius 3 is 2.40 bits per heavy atom. The van der Waals surface area contributed by atoms with Crippen LogP contribution in [0.5, 0.6) is 5.75 Å². The highest BCUT2D eigenvalue weighted by Crippen LogP contribution is 2.20. The van der Waals surface area contributed by atoms with Crippen molar-refractivity contribution in [3.8, 4) is 5.75 Å². The van der Waals surface area contributed by atoms with Crippen LogP contribution < -0.4 is 16.4 Å². The molecule has 0 aliphatic carbocycles. The number of nitrogens with zero attached hydrogens (tertiary/aromatic N) is 1. The van der Waals surface area contributed by atoms with Crippen molar-refractivity contribution in [2.45, 2.75) is 62.9 Å². The van der Waals surface area contributed by atoms with E-state index in [-0.39, 0.29) is 25.1 Å². The Labute approximate surface area is 208 Å². The first kappa shape index (κ1) is 28.4. The van der Waals surface area contributed by atoms with E-state index >= 15 is 0 Å². The van der Waals surface area contributed by atoms with Gasteiger partial charge in [0.25, 0.3) is 0 Å². The fourth-order valence-corrected chi connectivity index (χ4v) is 4.36. The lowest BCUT2D eigenvalue weighted by Crippen LogP contribution is -2.60. The Hall–Kier alpha value is -2.83. The normalized spacial score (nSPS) is 18.9. The van der Waals surface area contributed by atoms with Gasteiger partial charge in [0.2, 0.25) is 17.7 Å². The van der Waals surface area contributed by atoms with E-state index in [0.717, 1.165) is 0 Å². The highest BCUT2D eigenvalue weighted by molar-refractivity contribution is 7.98. The summed E-state index contributed by atoms with van der Waals surface area (Å²) in [5.74, 6) is -2.43. The van der Waals surface area contributed by atoms with E-state index in [2.05, 4.69) is 10.6 Å². The molecule has 2 rings (SSSR count). The van der Waals surface area contributed by atoms with Gasteiger partial charge in [-0.05, 0) is 62.3 Å². The summed E-state index contributed by atoms with van der Waals surface area (Å²) in [5.41, 5.74) is 6.67. The van der Waals surface area contributed by atoms with E-state index < -0.39 is 54.0 Å². The van der Waals surface area contributed by atoms with Gasteiger partial charge < -0.3 is 36.6 Å². The van der Waals surface area contributed by atoms with Gasteiger partial charge in [-0.15, -0.1) is 0 Å². The van der Waals surface area contributed by atoms with Crippen molar-refractivity contribution in [2.75, 3.05) is 18.6 Å². The zero-order valence-electron chi connectivity index (χ0n) is 19.8. The number of rotatable bonds is 12. The van der Waals surface area contributed by atoms with Crippen LogP contribution in [0.3, 0.4) is 0 Å². The van der Waals surface area contributed by atoms with Crippen LogP contribution in [0.15, 0.2) is 24.3 Å². The zero-order chi connectivity index (χ0) is 26.1. The molecule has 1 aromatic carbocycles. The van der Waals surface area contributed by atoms with Crippen LogP contribution >= 0.6 is 11.8 Å². The summed E-state index contributed by atoms with van der Waals surface area (Å²) in [4.78, 5) is 51.5. The molecule has 194 valence electrons. The molecule has 1 heterocycles. The lowest BCUT2D eigenvalue weighted by atomic mass is 10.0. The number of aliphatic hydroxyl groups excluding tert-OH is 1. The molecule has 11 nitrogen and oxygen atoms in total. The number of thioether (sulfide) groups is 1. The number of hydrogen-bond donors (Lipinski definition) is 6. The number of carboxylic acids is 1. The number of hydrogen-bond acceptors (Lipinski definition) is 8. The quantitative estimate of drug-likeness (QED) is 0.215. The van der Waals surface area contributed by atoms with Crippen molar-refractivity contribution >= 4 is 35.5 Å². The summed E-state index contributed by atoms with van der Waals surface area (Å²) in [6, 6.07) is 1.83. The topological polar surface area (TPSA) is 182 Å². The average Bonchev–Trinajstić information content (AvgIpc) is 3.31. The standard InChI is InChI=1S/C23H34N4O7S/c1-13(28)19(26-20(30)16(24)12-14-5-7-15(29)8-6-14)21(31)25-17(9-11-35-2)22(32)27-10-3-4-18(27)23(33)34/h5-8,13,16-19,28-29H,3-4,9-12,24H2,1-2H3,(H,25,31)(H,26,30)(H,33,34). The molecule has 12 heteroatoms. The monoisotopic (exact) mass is 510 g/mol. The minimum atomic E-state index is -1.37. The number of nitrogens with two attached hydrogens (primary N) is 1. The van der Waals surface area contributed by atoms with E-state index in [0.29, 0.717) is 24.2 Å². The number of benzene rings is 1. The number of nitrogens with one attached hydrogen (secondary N) is 2. The molecule has 1 aliphatic rings. The van der Waals surface area contributed by atoms with Crippen molar-refractivity contribution in [3.05, 3.63) is 29.8 Å². The maximum Gasteiger partial charge on any atom is 0.326 e. The number of phenolic OH excluding ortho intramolecular Hbond substituents is 1. The first-order valence-electron chi connectivity index (χ1n) is 11.4. The molecule has 5 atom stereocenters. The van der Waals surface area contributed by atoms with Crippen LogP contribution in [0, 0.1) is 0 Å². The summed E-state index contributed by atoms with van der Waals surface area (Å²) in [7, 11) is 0. The smallest absolute Gasteiger partial charge is 0.326 e. The molecule has 0 saturated carbocycles. The van der Waals surface area contributed by atoms with Crippen molar-refractivity contribution in [1.82, 2.24) is 15.5 Å². The maximum absolute atomic E-state index is 13.1. The molecule has 35 heavy (non-hydrogen) atoms. The second-order valence-corrected chi connectivity index (χ2v) is 9.56. The Morgan fingerprint density at radius 2 is 1.83 bits per heavy atom. The number of aromatic hydroxyl groups is 1. The van der Waals surface area contributed by atoms with Gasteiger partial charge in [0.15, 0.2) is 0 Å². The first-order chi connectivity index (χ1) is 16.5. The Morgan fingerprint density at radius 1 is 1.17 bits per heavy atom. The van der Waals surface area contributed by atoms with Crippen LogP contribution in [0.4, 0.5) is 0 Å². The molecule has 3 amide bonds. The summed E-state index contributed by atoms with van der Waals surface area (Å²) < 4.78 is 0. The summed E-state index contributed by atoms with van der Waals surface area (Å²) in [6.45, 7) is 1.61. The average molecular weight is 511 g/mol. The molecule has 1 fully saturated rings. The highest BCUT2D eigenvalue weighted by atomic mass is 32.2. The maximum atomic E-state index is 13.1. The van der Waals surface area contributed by atoms with Crippen LogP contribution in [0.1, 0.15) is 31.7 Å². The van der Waals surface area contributed by atoms with E-state index in [4.69, 9.17) is 5.73 Å². The molecule has 1 saturated heterocycles. The molecule has 1 aromatic rings. The van der Waals surface area contributed by atoms with Crippen molar-refractivity contribution < 1.29 is 34.5 Å². The zero-order valence-corrected chi connectivity index (χ0v) is 20.7. The third-order valence-electron chi connectivity index (χ3n) is 5.84. The lowest BCUT2D eigenvalue weighted by molar-refractivity contribution is -0.149. The SMILES string of the molecule is CSCCC(NC(=O)C(NC(=O)C(N)Cc1ccc(O)cc1)C(C)O)C(=O)N1CCCC1C(=O)O. The highest BCUT2D eigenvalue weighted by Gasteiger charge is 2.38. The van der Waals surface area contributed by atoms with Gasteiger partial charge in [-0.25, -0.2) is 4.79 Å². The number of carbonyl (C=O) groups excluding carboxylic acids is 3. The number of phenols is 1. The summed E-state index contributed by atoms with van der Waals surface area (Å²) in [6.07, 6.45) is 1.85. The van der Waals surface area contributed by atoms with Crippen LogP contribution in [0.2, 0.25) is 0 Å². The summed E-state index contributed by atoms with van der Waals surface area (Å²) >= 11 is 1.47. The molecule has 7 N–H and O–H groups in total. The van der Waals surface area contributed by atoms with Gasteiger partial charge in [0, 0.05) is 6.54 Å². The molecule has 0 radical (unpaired) electrons. The Kier molecular flexibility index (Phi) is 10.8. The number of likely N-dealkylation sites (tertiary alicyclic amines) is 1. The second kappa shape index (κ2) is 13.3.